The summed E-state index contributed by atoms with van der Waals surface area (Å²) in [6, 6.07) is 14.2. The number of hydrogen-bond acceptors (Lipinski definition) is 5. The Morgan fingerprint density at radius 3 is 2.62 bits per heavy atom. The molecule has 37 heavy (non-hydrogen) atoms. The van der Waals surface area contributed by atoms with Gasteiger partial charge in [-0.2, -0.15) is 5.10 Å². The van der Waals surface area contributed by atoms with Crippen molar-refractivity contribution >= 4 is 33.8 Å². The highest BCUT2D eigenvalue weighted by Crippen LogP contribution is 2.31. The van der Waals surface area contributed by atoms with E-state index in [1.807, 2.05) is 0 Å². The first kappa shape index (κ1) is 24.1. The highest BCUT2D eigenvalue weighted by molar-refractivity contribution is 5.89. The lowest BCUT2D eigenvalue weighted by atomic mass is 9.98. The Labute approximate surface area is 208 Å². The number of fused-ring (bicyclic) bond motifs is 2. The highest BCUT2D eigenvalue weighted by Gasteiger charge is 2.20. The van der Waals surface area contributed by atoms with Gasteiger partial charge >= 0.3 is 6.09 Å². The lowest BCUT2D eigenvalue weighted by molar-refractivity contribution is 0.186. The molecule has 0 saturated heterocycles. The summed E-state index contributed by atoms with van der Waals surface area (Å²) in [5.41, 5.74) is 1.55. The molecule has 5 aromatic rings. The van der Waals surface area contributed by atoms with E-state index in [2.05, 4.69) is 20.2 Å². The molecule has 0 saturated carbocycles. The molecule has 0 atom stereocenters. The van der Waals surface area contributed by atoms with E-state index in [9.17, 15) is 19.1 Å². The Hall–Kier alpha value is -4.64. The predicted molar refractivity (Wildman–Crippen MR) is 134 cm³/mol. The Bertz CT molecular complexity index is 1700. The van der Waals surface area contributed by atoms with E-state index in [0.29, 0.717) is 28.5 Å². The van der Waals surface area contributed by atoms with E-state index in [0.717, 1.165) is 11.0 Å². The zero-order valence-corrected chi connectivity index (χ0v) is 19.6. The van der Waals surface area contributed by atoms with E-state index in [1.54, 1.807) is 36.4 Å². The van der Waals surface area contributed by atoms with Crippen LogP contribution in [0.4, 0.5) is 19.5 Å². The molecule has 188 valence electrons. The third-order valence-electron chi connectivity index (χ3n) is 6.02. The number of methoxy groups -OCH3 is 1. The third-order valence-corrected chi connectivity index (χ3v) is 6.02. The van der Waals surface area contributed by atoms with Crippen LogP contribution in [0.3, 0.4) is 0 Å². The molecule has 3 aromatic carbocycles. The summed E-state index contributed by atoms with van der Waals surface area (Å²) in [6.45, 7) is 0.110. The summed E-state index contributed by atoms with van der Waals surface area (Å²) in [7, 11) is 1.43. The minimum Gasteiger partial charge on any atom is -0.465 e. The number of aromatic amines is 2. The molecule has 1 amide bonds. The van der Waals surface area contributed by atoms with Crippen LogP contribution in [0.2, 0.25) is 0 Å². The Kier molecular flexibility index (Phi) is 6.36. The number of amides is 1. The smallest absolute Gasteiger partial charge is 0.414 e. The van der Waals surface area contributed by atoms with Crippen LogP contribution in [0.5, 0.6) is 0 Å². The van der Waals surface area contributed by atoms with Gasteiger partial charge in [0.25, 0.3) is 5.56 Å². The first-order chi connectivity index (χ1) is 17.9. The molecule has 0 aliphatic rings. The molecule has 9 nitrogen and oxygen atoms in total. The first-order valence-corrected chi connectivity index (χ1v) is 11.3. The molecular weight excluding hydrogens is 484 g/mol. The van der Waals surface area contributed by atoms with Crippen LogP contribution >= 0.6 is 0 Å². The minimum atomic E-state index is -1.28. The van der Waals surface area contributed by atoms with Crippen molar-refractivity contribution in [2.24, 2.45) is 0 Å². The molecule has 0 aliphatic carbocycles. The van der Waals surface area contributed by atoms with Crippen LogP contribution in [0, 0.1) is 11.6 Å². The van der Waals surface area contributed by atoms with Gasteiger partial charge in [-0.15, -0.1) is 0 Å². The number of ether oxygens (including phenoxy) is 1. The molecule has 0 aliphatic heterocycles. The SMILES string of the molecule is COCCN(C(=O)O)c1nc2c(F)cc(-c3cc(Cc4n[nH]c(=O)c5ccccc45)ccc3F)cc2[nH]1. The molecule has 2 heterocycles. The molecule has 3 N–H and O–H groups in total. The summed E-state index contributed by atoms with van der Waals surface area (Å²) in [4.78, 5) is 31.5. The van der Waals surface area contributed by atoms with Crippen LogP contribution in [0.15, 0.2) is 59.4 Å². The molecule has 2 aromatic heterocycles. The second kappa shape index (κ2) is 9.78. The van der Waals surface area contributed by atoms with Crippen LogP contribution in [0.25, 0.3) is 32.9 Å². The average Bonchev–Trinajstić information content (AvgIpc) is 3.31. The number of aromatic nitrogens is 4. The van der Waals surface area contributed by atoms with E-state index in [4.69, 9.17) is 4.74 Å². The van der Waals surface area contributed by atoms with Crippen molar-refractivity contribution in [3.8, 4) is 11.1 Å². The molecular formula is C26H21F2N5O4. The molecule has 0 bridgehead atoms. The van der Waals surface area contributed by atoms with Crippen molar-refractivity contribution in [3.63, 3.8) is 0 Å². The van der Waals surface area contributed by atoms with E-state index >= 15 is 4.39 Å². The maximum atomic E-state index is 15.0. The van der Waals surface area contributed by atoms with Gasteiger partial charge in [-0.3, -0.25) is 4.79 Å². The van der Waals surface area contributed by atoms with E-state index in [-0.39, 0.29) is 46.8 Å². The minimum absolute atomic E-state index is 0.00965. The second-order valence-corrected chi connectivity index (χ2v) is 8.38. The molecule has 11 heteroatoms. The first-order valence-electron chi connectivity index (χ1n) is 11.3. The normalized spacial score (nSPS) is 11.3. The number of anilines is 1. The number of nitrogens with one attached hydrogen (secondary N) is 2. The number of halogens is 2. The van der Waals surface area contributed by atoms with Gasteiger partial charge in [0.05, 0.1) is 29.7 Å². The Balaban J connectivity index is 1.53. The quantitative estimate of drug-likeness (QED) is 0.300. The van der Waals surface area contributed by atoms with Gasteiger partial charge < -0.3 is 14.8 Å². The van der Waals surface area contributed by atoms with Crippen molar-refractivity contribution in [1.82, 2.24) is 20.2 Å². The number of hydrogen-bond donors (Lipinski definition) is 3. The lowest BCUT2D eigenvalue weighted by Crippen LogP contribution is -2.33. The van der Waals surface area contributed by atoms with Crippen LogP contribution in [0.1, 0.15) is 11.3 Å². The molecule has 0 fully saturated rings. The molecule has 0 radical (unpaired) electrons. The van der Waals surface area contributed by atoms with E-state index < -0.39 is 17.7 Å². The van der Waals surface area contributed by atoms with Crippen LogP contribution in [-0.4, -0.2) is 51.6 Å². The van der Waals surface area contributed by atoms with Crippen molar-refractivity contribution in [3.05, 3.63) is 87.8 Å². The van der Waals surface area contributed by atoms with Crippen molar-refractivity contribution in [1.29, 1.82) is 0 Å². The summed E-state index contributed by atoms with van der Waals surface area (Å²) in [5, 5.41) is 17.3. The van der Waals surface area contributed by atoms with E-state index in [1.165, 1.54) is 19.2 Å². The Morgan fingerprint density at radius 1 is 1.08 bits per heavy atom. The lowest BCUT2D eigenvalue weighted by Gasteiger charge is -2.14. The fraction of sp³-hybridized carbons (Fsp3) is 0.154. The van der Waals surface area contributed by atoms with Crippen LogP contribution < -0.4 is 10.5 Å². The summed E-state index contributed by atoms with van der Waals surface area (Å²) >= 11 is 0. The van der Waals surface area contributed by atoms with Gasteiger partial charge in [-0.05, 0) is 41.5 Å². The highest BCUT2D eigenvalue weighted by atomic mass is 19.1. The van der Waals surface area contributed by atoms with Gasteiger partial charge in [-0.1, -0.05) is 24.3 Å². The summed E-state index contributed by atoms with van der Waals surface area (Å²) < 4.78 is 34.8. The zero-order valence-electron chi connectivity index (χ0n) is 19.6. The molecule has 5 rings (SSSR count). The topological polar surface area (TPSA) is 124 Å². The van der Waals surface area contributed by atoms with Crippen molar-refractivity contribution < 1.29 is 23.4 Å². The van der Waals surface area contributed by atoms with Crippen molar-refractivity contribution in [2.45, 2.75) is 6.42 Å². The summed E-state index contributed by atoms with van der Waals surface area (Å²) in [5.74, 6) is -1.36. The number of carboxylic acid groups (broad SMARTS) is 1. The maximum Gasteiger partial charge on any atom is 0.414 e. The number of carbonyl (C=O) groups is 1. The largest absolute Gasteiger partial charge is 0.465 e. The number of H-pyrrole nitrogens is 2. The van der Waals surface area contributed by atoms with Gasteiger partial charge in [0.2, 0.25) is 5.95 Å². The predicted octanol–water partition coefficient (Wildman–Crippen LogP) is 4.47. The van der Waals surface area contributed by atoms with Crippen molar-refractivity contribution in [2.75, 3.05) is 25.2 Å². The fourth-order valence-corrected chi connectivity index (χ4v) is 4.22. The number of nitrogens with zero attached hydrogens (tertiary/aromatic N) is 3. The Morgan fingerprint density at radius 2 is 1.86 bits per heavy atom. The van der Waals surface area contributed by atoms with Gasteiger partial charge in [0.15, 0.2) is 5.82 Å². The third kappa shape index (κ3) is 4.64. The fourth-order valence-electron chi connectivity index (χ4n) is 4.22. The average molecular weight is 505 g/mol. The zero-order chi connectivity index (χ0) is 26.1. The monoisotopic (exact) mass is 505 g/mol. The summed E-state index contributed by atoms with van der Waals surface area (Å²) in [6.07, 6.45) is -0.977. The number of imidazole rings is 1. The number of benzene rings is 3. The van der Waals surface area contributed by atoms with Crippen LogP contribution in [-0.2, 0) is 11.2 Å². The maximum absolute atomic E-state index is 15.0. The van der Waals surface area contributed by atoms with Gasteiger partial charge in [-0.25, -0.2) is 28.6 Å². The number of rotatable bonds is 7. The molecule has 0 unspecified atom stereocenters. The van der Waals surface area contributed by atoms with Gasteiger partial charge in [0.1, 0.15) is 11.3 Å². The van der Waals surface area contributed by atoms with Gasteiger partial charge in [0, 0.05) is 24.5 Å². The second-order valence-electron chi connectivity index (χ2n) is 8.38. The molecule has 0 spiro atoms. The standard InChI is InChI=1S/C26H21F2N5O4/c1-37-9-8-33(26(35)36)25-29-22-13-15(12-20(28)23(22)30-25)18-10-14(6-7-19(18)27)11-21-16-4-2-3-5-17(16)24(34)32-31-21/h2-7,10,12-13H,8-9,11H2,1H3,(H,29,30)(H,32,34)(H,35,36).